The first kappa shape index (κ1) is 11.6. The second-order valence-electron chi connectivity index (χ2n) is 4.18. The summed E-state index contributed by atoms with van der Waals surface area (Å²) in [5.74, 6) is 1.82. The smallest absolute Gasteiger partial charge is 0.224 e. The number of aromatic nitrogens is 3. The quantitative estimate of drug-likeness (QED) is 0.873. The predicted molar refractivity (Wildman–Crippen MR) is 69.1 cm³/mol. The Morgan fingerprint density at radius 2 is 1.94 bits per heavy atom. The van der Waals surface area contributed by atoms with E-state index in [0.717, 1.165) is 24.6 Å². The molecule has 1 aromatic heterocycles. The molecule has 0 radical (unpaired) electrons. The minimum absolute atomic E-state index is 0.810. The van der Waals surface area contributed by atoms with E-state index < -0.39 is 0 Å². The van der Waals surface area contributed by atoms with E-state index in [9.17, 15) is 0 Å². The van der Waals surface area contributed by atoms with E-state index in [1.807, 2.05) is 18.7 Å². The molecule has 0 atom stereocenters. The standard InChI is InChI=1S/C13H18N4/c1-10-6-4-5-7-11(10)8-9-12-15-16-13(14-2)17(12)3/h4-7H,8-9H2,1-3H3,(H,14,16). The van der Waals surface area contributed by atoms with E-state index in [2.05, 4.69) is 46.7 Å². The Morgan fingerprint density at radius 1 is 1.18 bits per heavy atom. The molecule has 2 aromatic rings. The molecule has 0 amide bonds. The van der Waals surface area contributed by atoms with Crippen LogP contribution in [0.3, 0.4) is 0 Å². The van der Waals surface area contributed by atoms with Gasteiger partial charge in [-0.1, -0.05) is 24.3 Å². The molecule has 0 spiro atoms. The van der Waals surface area contributed by atoms with Gasteiger partial charge in [-0.25, -0.2) is 0 Å². The summed E-state index contributed by atoms with van der Waals surface area (Å²) in [6.07, 6.45) is 1.92. The van der Waals surface area contributed by atoms with Gasteiger partial charge in [-0.15, -0.1) is 10.2 Å². The fourth-order valence-electron chi connectivity index (χ4n) is 1.93. The number of nitrogens with one attached hydrogen (secondary N) is 1. The minimum Gasteiger partial charge on any atom is -0.357 e. The molecule has 0 aliphatic rings. The van der Waals surface area contributed by atoms with Gasteiger partial charge in [0.2, 0.25) is 5.95 Å². The van der Waals surface area contributed by atoms with Gasteiger partial charge in [-0.2, -0.15) is 0 Å². The average Bonchev–Trinajstić information content (AvgIpc) is 2.69. The third-order valence-corrected chi connectivity index (χ3v) is 3.07. The van der Waals surface area contributed by atoms with Crippen molar-refractivity contribution in [3.63, 3.8) is 0 Å². The summed E-state index contributed by atoms with van der Waals surface area (Å²) in [4.78, 5) is 0. The van der Waals surface area contributed by atoms with Crippen molar-refractivity contribution in [1.29, 1.82) is 0 Å². The summed E-state index contributed by atoms with van der Waals surface area (Å²) in [7, 11) is 3.84. The number of rotatable bonds is 4. The van der Waals surface area contributed by atoms with Crippen molar-refractivity contribution < 1.29 is 0 Å². The summed E-state index contributed by atoms with van der Waals surface area (Å²) in [6, 6.07) is 8.47. The van der Waals surface area contributed by atoms with Crippen molar-refractivity contribution >= 4 is 5.95 Å². The third kappa shape index (κ3) is 2.46. The lowest BCUT2D eigenvalue weighted by Gasteiger charge is -2.05. The lowest BCUT2D eigenvalue weighted by molar-refractivity contribution is 0.771. The highest BCUT2D eigenvalue weighted by molar-refractivity contribution is 5.27. The molecule has 0 saturated carbocycles. The van der Waals surface area contributed by atoms with Crippen LogP contribution in [0.1, 0.15) is 17.0 Å². The molecule has 1 heterocycles. The second kappa shape index (κ2) is 4.99. The normalized spacial score (nSPS) is 10.5. The SMILES string of the molecule is CNc1nnc(CCc2ccccc2C)n1C. The van der Waals surface area contributed by atoms with Crippen molar-refractivity contribution in [3.8, 4) is 0 Å². The Morgan fingerprint density at radius 3 is 2.59 bits per heavy atom. The van der Waals surface area contributed by atoms with Crippen LogP contribution in [0.15, 0.2) is 24.3 Å². The topological polar surface area (TPSA) is 42.7 Å². The van der Waals surface area contributed by atoms with Crippen molar-refractivity contribution in [2.75, 3.05) is 12.4 Å². The van der Waals surface area contributed by atoms with Gasteiger partial charge in [0.15, 0.2) is 0 Å². The van der Waals surface area contributed by atoms with Crippen molar-refractivity contribution in [2.24, 2.45) is 7.05 Å². The van der Waals surface area contributed by atoms with E-state index in [-0.39, 0.29) is 0 Å². The molecule has 4 nitrogen and oxygen atoms in total. The first-order chi connectivity index (χ1) is 8.22. The zero-order chi connectivity index (χ0) is 12.3. The van der Waals surface area contributed by atoms with Crippen LogP contribution in [0.4, 0.5) is 5.95 Å². The summed E-state index contributed by atoms with van der Waals surface area (Å²) < 4.78 is 2.00. The van der Waals surface area contributed by atoms with E-state index >= 15 is 0 Å². The van der Waals surface area contributed by atoms with Crippen molar-refractivity contribution in [2.45, 2.75) is 19.8 Å². The van der Waals surface area contributed by atoms with Gasteiger partial charge in [-0.05, 0) is 24.5 Å². The molecule has 0 aliphatic carbocycles. The largest absolute Gasteiger partial charge is 0.357 e. The lowest BCUT2D eigenvalue weighted by Crippen LogP contribution is -2.04. The van der Waals surface area contributed by atoms with Gasteiger partial charge < -0.3 is 9.88 Å². The van der Waals surface area contributed by atoms with Crippen LogP contribution in [0.25, 0.3) is 0 Å². The van der Waals surface area contributed by atoms with Gasteiger partial charge in [0.1, 0.15) is 5.82 Å². The van der Waals surface area contributed by atoms with E-state index in [4.69, 9.17) is 0 Å². The maximum absolute atomic E-state index is 4.18. The van der Waals surface area contributed by atoms with Crippen molar-refractivity contribution in [1.82, 2.24) is 14.8 Å². The number of hydrogen-bond acceptors (Lipinski definition) is 3. The molecule has 2 rings (SSSR count). The van der Waals surface area contributed by atoms with Crippen LogP contribution in [-0.4, -0.2) is 21.8 Å². The Bertz CT molecular complexity index is 502. The second-order valence-corrected chi connectivity index (χ2v) is 4.18. The molecule has 17 heavy (non-hydrogen) atoms. The molecule has 0 aliphatic heterocycles. The Hall–Kier alpha value is -1.84. The Kier molecular flexibility index (Phi) is 3.42. The van der Waals surface area contributed by atoms with E-state index in [1.54, 1.807) is 0 Å². The third-order valence-electron chi connectivity index (χ3n) is 3.07. The maximum atomic E-state index is 4.18. The molecule has 0 bridgehead atoms. The molecule has 1 N–H and O–H groups in total. The molecule has 0 fully saturated rings. The van der Waals surface area contributed by atoms with Crippen LogP contribution in [0, 0.1) is 6.92 Å². The highest BCUT2D eigenvalue weighted by Gasteiger charge is 2.07. The fraction of sp³-hybridized carbons (Fsp3) is 0.385. The zero-order valence-electron chi connectivity index (χ0n) is 10.6. The van der Waals surface area contributed by atoms with Gasteiger partial charge in [0.05, 0.1) is 0 Å². The Balaban J connectivity index is 2.07. The fourth-order valence-corrected chi connectivity index (χ4v) is 1.93. The first-order valence-electron chi connectivity index (χ1n) is 5.83. The van der Waals surface area contributed by atoms with E-state index in [0.29, 0.717) is 0 Å². The summed E-state index contributed by atoms with van der Waals surface area (Å²) in [6.45, 7) is 2.14. The monoisotopic (exact) mass is 230 g/mol. The predicted octanol–water partition coefficient (Wildman–Crippen LogP) is 1.95. The van der Waals surface area contributed by atoms with Crippen LogP contribution in [-0.2, 0) is 19.9 Å². The molecule has 0 saturated heterocycles. The van der Waals surface area contributed by atoms with E-state index in [1.165, 1.54) is 11.1 Å². The number of aryl methyl sites for hydroxylation is 3. The van der Waals surface area contributed by atoms with Crippen LogP contribution in [0.2, 0.25) is 0 Å². The summed E-state index contributed by atoms with van der Waals surface area (Å²) in [5.41, 5.74) is 2.71. The Labute approximate surface area is 102 Å². The average molecular weight is 230 g/mol. The molecule has 90 valence electrons. The number of hydrogen-bond donors (Lipinski definition) is 1. The maximum Gasteiger partial charge on any atom is 0.224 e. The van der Waals surface area contributed by atoms with Crippen molar-refractivity contribution in [3.05, 3.63) is 41.2 Å². The number of anilines is 1. The highest BCUT2D eigenvalue weighted by Crippen LogP contribution is 2.11. The van der Waals surface area contributed by atoms with Crippen LogP contribution >= 0.6 is 0 Å². The molecular weight excluding hydrogens is 212 g/mol. The van der Waals surface area contributed by atoms with Crippen LogP contribution < -0.4 is 5.32 Å². The zero-order valence-corrected chi connectivity index (χ0v) is 10.6. The van der Waals surface area contributed by atoms with Gasteiger partial charge in [-0.3, -0.25) is 0 Å². The van der Waals surface area contributed by atoms with Gasteiger partial charge >= 0.3 is 0 Å². The lowest BCUT2D eigenvalue weighted by atomic mass is 10.0. The first-order valence-corrected chi connectivity index (χ1v) is 5.83. The molecular formula is C13H18N4. The minimum atomic E-state index is 0.810. The van der Waals surface area contributed by atoms with Crippen LogP contribution in [0.5, 0.6) is 0 Å². The number of nitrogens with zero attached hydrogens (tertiary/aromatic N) is 3. The number of benzene rings is 1. The highest BCUT2D eigenvalue weighted by atomic mass is 15.3. The summed E-state index contributed by atoms with van der Waals surface area (Å²) >= 11 is 0. The van der Waals surface area contributed by atoms with Gasteiger partial charge in [0, 0.05) is 20.5 Å². The van der Waals surface area contributed by atoms with Gasteiger partial charge in [0.25, 0.3) is 0 Å². The molecule has 1 aromatic carbocycles. The molecule has 0 unspecified atom stereocenters. The summed E-state index contributed by atoms with van der Waals surface area (Å²) in [5, 5.41) is 11.3. The molecule has 4 heteroatoms.